The maximum atomic E-state index is 13.5. The van der Waals surface area contributed by atoms with Gasteiger partial charge in [-0.3, -0.25) is 9.59 Å². The van der Waals surface area contributed by atoms with Crippen LogP contribution in [-0.2, 0) is 14.3 Å². The fraction of sp³-hybridized carbons (Fsp3) is 0.179. The third-order valence-electron chi connectivity index (χ3n) is 5.54. The number of hydrogen-bond acceptors (Lipinski definition) is 6. The summed E-state index contributed by atoms with van der Waals surface area (Å²) in [6, 6.07) is 21.0. The molecule has 0 radical (unpaired) electrons. The van der Waals surface area contributed by atoms with E-state index in [0.29, 0.717) is 28.6 Å². The molecule has 0 aliphatic carbocycles. The minimum atomic E-state index is -0.492. The Hall–Kier alpha value is -3.55. The molecule has 0 unspecified atom stereocenters. The molecule has 1 aliphatic rings. The number of anilines is 2. The molecule has 4 rings (SSSR count). The van der Waals surface area contributed by atoms with E-state index in [-0.39, 0.29) is 10.6 Å². The van der Waals surface area contributed by atoms with Crippen LogP contribution >= 0.6 is 23.4 Å². The highest BCUT2D eigenvalue weighted by Crippen LogP contribution is 2.38. The molecule has 6 nitrogen and oxygen atoms in total. The largest absolute Gasteiger partial charge is 0.462 e. The first-order chi connectivity index (χ1) is 17.4. The second-order valence-corrected chi connectivity index (χ2v) is 9.68. The predicted octanol–water partition coefficient (Wildman–Crippen LogP) is 6.59. The number of thioether (sulfide) groups is 1. The first-order valence-corrected chi connectivity index (χ1v) is 12.7. The summed E-state index contributed by atoms with van der Waals surface area (Å²) in [6.45, 7) is 4.25. The lowest BCUT2D eigenvalue weighted by Crippen LogP contribution is -2.32. The first-order valence-electron chi connectivity index (χ1n) is 11.6. The topological polar surface area (TPSA) is 75.7 Å². The molecule has 0 spiro atoms. The summed E-state index contributed by atoms with van der Waals surface area (Å²) < 4.78 is 5.24. The van der Waals surface area contributed by atoms with Crippen LogP contribution in [-0.4, -0.2) is 24.4 Å². The van der Waals surface area contributed by atoms with Crippen LogP contribution in [0.25, 0.3) is 0 Å². The number of benzene rings is 3. The number of aryl methyl sites for hydroxylation is 1. The van der Waals surface area contributed by atoms with Crippen LogP contribution in [0.1, 0.15) is 35.7 Å². The summed E-state index contributed by atoms with van der Waals surface area (Å²) in [4.78, 5) is 41.5. The highest BCUT2D eigenvalue weighted by Gasteiger charge is 2.40. The van der Waals surface area contributed by atoms with Crippen LogP contribution in [0.3, 0.4) is 0 Å². The lowest BCUT2D eigenvalue weighted by atomic mass is 10.2. The zero-order chi connectivity index (χ0) is 25.7. The second-order valence-electron chi connectivity index (χ2n) is 8.19. The Balaban J connectivity index is 1.63. The summed E-state index contributed by atoms with van der Waals surface area (Å²) in [5, 5.41) is 3.65. The van der Waals surface area contributed by atoms with Gasteiger partial charge in [-0.15, -0.1) is 0 Å². The van der Waals surface area contributed by atoms with E-state index in [2.05, 4.69) is 5.32 Å². The molecule has 1 N–H and O–H groups in total. The molecule has 1 heterocycles. The van der Waals surface area contributed by atoms with E-state index in [4.69, 9.17) is 16.3 Å². The standard InChI is InChI=1S/C28H25ClN2O4S/c1-3-4-16-35-28(34)19-11-14-21(15-12-19)31-26(32)24(30-20-13-10-18(2)23(29)17-20)25(27(31)33)36-22-8-6-5-7-9-22/h5-15,17,30H,3-4,16H2,1-2H3. The van der Waals surface area contributed by atoms with E-state index in [9.17, 15) is 14.4 Å². The third kappa shape index (κ3) is 5.64. The van der Waals surface area contributed by atoms with Crippen LogP contribution in [0.5, 0.6) is 0 Å². The van der Waals surface area contributed by atoms with Gasteiger partial charge in [0.2, 0.25) is 0 Å². The van der Waals surface area contributed by atoms with Crippen LogP contribution < -0.4 is 10.2 Å². The first kappa shape index (κ1) is 25.5. The van der Waals surface area contributed by atoms with Crippen molar-refractivity contribution < 1.29 is 19.1 Å². The van der Waals surface area contributed by atoms with Gasteiger partial charge in [0.1, 0.15) is 10.6 Å². The van der Waals surface area contributed by atoms with Gasteiger partial charge in [-0.1, -0.05) is 61.0 Å². The molecular weight excluding hydrogens is 496 g/mol. The Kier molecular flexibility index (Phi) is 8.13. The van der Waals surface area contributed by atoms with Crippen LogP contribution in [0.2, 0.25) is 5.02 Å². The molecule has 8 heteroatoms. The van der Waals surface area contributed by atoms with Gasteiger partial charge >= 0.3 is 5.97 Å². The van der Waals surface area contributed by atoms with E-state index in [1.807, 2.05) is 50.2 Å². The Morgan fingerprint density at radius 1 is 1.00 bits per heavy atom. The molecule has 0 saturated heterocycles. The highest BCUT2D eigenvalue weighted by atomic mass is 35.5. The fourth-order valence-electron chi connectivity index (χ4n) is 3.51. The Labute approximate surface area is 219 Å². The normalized spacial score (nSPS) is 13.4. The maximum absolute atomic E-state index is 13.5. The van der Waals surface area contributed by atoms with E-state index in [0.717, 1.165) is 28.2 Å². The number of imide groups is 1. The number of rotatable bonds is 9. The minimum Gasteiger partial charge on any atom is -0.462 e. The number of carbonyl (C=O) groups excluding carboxylic acids is 3. The predicted molar refractivity (Wildman–Crippen MR) is 143 cm³/mol. The average Bonchev–Trinajstić information content (AvgIpc) is 3.11. The summed E-state index contributed by atoms with van der Waals surface area (Å²) in [5.41, 5.74) is 2.38. The summed E-state index contributed by atoms with van der Waals surface area (Å²) in [6.07, 6.45) is 1.71. The zero-order valence-electron chi connectivity index (χ0n) is 19.9. The molecule has 0 bridgehead atoms. The van der Waals surface area contributed by atoms with Crippen molar-refractivity contribution in [1.29, 1.82) is 0 Å². The number of nitrogens with zero attached hydrogens (tertiary/aromatic N) is 1. The van der Waals surface area contributed by atoms with Gasteiger partial charge in [-0.05, 0) is 67.4 Å². The monoisotopic (exact) mass is 520 g/mol. The van der Waals surface area contributed by atoms with Crippen LogP contribution in [0, 0.1) is 6.92 Å². The highest BCUT2D eigenvalue weighted by molar-refractivity contribution is 8.04. The quantitative estimate of drug-likeness (QED) is 0.195. The van der Waals surface area contributed by atoms with Crippen molar-refractivity contribution in [2.24, 2.45) is 0 Å². The number of amides is 2. The van der Waals surface area contributed by atoms with Crippen LogP contribution in [0.4, 0.5) is 11.4 Å². The summed E-state index contributed by atoms with van der Waals surface area (Å²) in [5.74, 6) is -1.38. The van der Waals surface area contributed by atoms with Crippen molar-refractivity contribution in [2.45, 2.75) is 31.6 Å². The number of nitrogens with one attached hydrogen (secondary N) is 1. The molecule has 3 aromatic rings. The molecular formula is C28H25ClN2O4S. The van der Waals surface area contributed by atoms with E-state index in [1.54, 1.807) is 36.4 Å². The molecule has 0 fully saturated rings. The molecule has 184 valence electrons. The van der Waals surface area contributed by atoms with Gasteiger partial charge in [0.05, 0.1) is 17.9 Å². The van der Waals surface area contributed by atoms with Gasteiger partial charge in [0, 0.05) is 15.6 Å². The van der Waals surface area contributed by atoms with Gasteiger partial charge in [-0.25, -0.2) is 9.69 Å². The summed E-state index contributed by atoms with van der Waals surface area (Å²) in [7, 11) is 0. The van der Waals surface area contributed by atoms with Gasteiger partial charge in [0.25, 0.3) is 11.8 Å². The van der Waals surface area contributed by atoms with E-state index >= 15 is 0 Å². The molecule has 3 aromatic carbocycles. The average molecular weight is 521 g/mol. The molecule has 2 amide bonds. The minimum absolute atomic E-state index is 0.164. The van der Waals surface area contributed by atoms with Gasteiger partial charge < -0.3 is 10.1 Å². The second kappa shape index (κ2) is 11.5. The third-order valence-corrected chi connectivity index (χ3v) is 7.04. The number of unbranched alkanes of at least 4 members (excludes halogenated alkanes) is 1. The number of hydrogen-bond donors (Lipinski definition) is 1. The van der Waals surface area contributed by atoms with Crippen molar-refractivity contribution >= 4 is 52.5 Å². The van der Waals surface area contributed by atoms with Gasteiger partial charge in [-0.2, -0.15) is 0 Å². The number of carbonyl (C=O) groups is 3. The SMILES string of the molecule is CCCCOC(=O)c1ccc(N2C(=O)C(Nc3ccc(C)c(Cl)c3)=C(Sc3ccccc3)C2=O)cc1. The molecule has 36 heavy (non-hydrogen) atoms. The van der Waals surface area contributed by atoms with Gasteiger partial charge in [0.15, 0.2) is 0 Å². The molecule has 0 atom stereocenters. The Morgan fingerprint density at radius 2 is 1.72 bits per heavy atom. The lowest BCUT2D eigenvalue weighted by Gasteiger charge is -2.16. The Morgan fingerprint density at radius 3 is 2.39 bits per heavy atom. The zero-order valence-corrected chi connectivity index (χ0v) is 21.5. The van der Waals surface area contributed by atoms with E-state index in [1.165, 1.54) is 11.8 Å². The summed E-state index contributed by atoms with van der Waals surface area (Å²) >= 11 is 7.49. The lowest BCUT2D eigenvalue weighted by molar-refractivity contribution is -0.120. The Bertz CT molecular complexity index is 1320. The van der Waals surface area contributed by atoms with Crippen molar-refractivity contribution in [1.82, 2.24) is 0 Å². The maximum Gasteiger partial charge on any atom is 0.338 e. The van der Waals surface area contributed by atoms with Crippen LogP contribution in [0.15, 0.2) is 88.3 Å². The fourth-order valence-corrected chi connectivity index (χ4v) is 4.64. The molecule has 1 aliphatic heterocycles. The molecule has 0 aromatic heterocycles. The van der Waals surface area contributed by atoms with Crippen molar-refractivity contribution in [3.63, 3.8) is 0 Å². The molecule has 0 saturated carbocycles. The number of esters is 1. The van der Waals surface area contributed by atoms with E-state index < -0.39 is 17.8 Å². The van der Waals surface area contributed by atoms with Crippen molar-refractivity contribution in [2.75, 3.05) is 16.8 Å². The van der Waals surface area contributed by atoms with Crippen molar-refractivity contribution in [3.05, 3.63) is 99.5 Å². The number of halogens is 1. The number of ether oxygens (including phenoxy) is 1. The smallest absolute Gasteiger partial charge is 0.338 e. The van der Waals surface area contributed by atoms with Crippen molar-refractivity contribution in [3.8, 4) is 0 Å².